The molecule has 1 N–H and O–H groups in total. The molecule has 9 heteroatoms. The predicted octanol–water partition coefficient (Wildman–Crippen LogP) is 4.48. The van der Waals surface area contributed by atoms with Gasteiger partial charge in [0, 0.05) is 29.0 Å². The molecule has 5 nitrogen and oxygen atoms in total. The molecule has 0 aliphatic heterocycles. The number of hydrogen-bond acceptors (Lipinski definition) is 5. The largest absolute Gasteiger partial charge is 0.489 e. The van der Waals surface area contributed by atoms with Gasteiger partial charge in [0.15, 0.2) is 16.0 Å². The Hall–Kier alpha value is -1.83. The molecule has 24 heavy (non-hydrogen) atoms. The van der Waals surface area contributed by atoms with Gasteiger partial charge in [-0.25, -0.2) is 9.37 Å². The zero-order valence-electron chi connectivity index (χ0n) is 12.4. The summed E-state index contributed by atoms with van der Waals surface area (Å²) in [5, 5.41) is 7.69. The van der Waals surface area contributed by atoms with Crippen molar-refractivity contribution in [2.24, 2.45) is 0 Å². The van der Waals surface area contributed by atoms with E-state index in [1.165, 1.54) is 17.4 Å². The number of halogens is 3. The molecule has 0 saturated heterocycles. The van der Waals surface area contributed by atoms with Crippen molar-refractivity contribution in [2.75, 3.05) is 11.9 Å². The van der Waals surface area contributed by atoms with Crippen LogP contribution in [-0.4, -0.2) is 21.4 Å². The van der Waals surface area contributed by atoms with Crippen LogP contribution in [0, 0.1) is 5.82 Å². The standard InChI is InChI=1S/C15H13Cl2FN4OS/c16-10-6-21-22(9-10)3-4-23-14-2-1-11(5-13(14)18)19-7-12-8-20-15(17)24-12/h1-2,5-6,8-9,19H,3-4,7H2. The van der Waals surface area contributed by atoms with Gasteiger partial charge in [-0.1, -0.05) is 23.2 Å². The third-order valence-electron chi connectivity index (χ3n) is 3.10. The van der Waals surface area contributed by atoms with E-state index < -0.39 is 5.82 Å². The molecule has 3 rings (SSSR count). The monoisotopic (exact) mass is 386 g/mol. The van der Waals surface area contributed by atoms with Crippen LogP contribution in [0.3, 0.4) is 0 Å². The van der Waals surface area contributed by atoms with Crippen LogP contribution in [0.15, 0.2) is 36.8 Å². The molecule has 2 aromatic heterocycles. The molecule has 0 radical (unpaired) electrons. The molecule has 1 aromatic carbocycles. The van der Waals surface area contributed by atoms with Gasteiger partial charge in [-0.05, 0) is 12.1 Å². The number of hydrogen-bond donors (Lipinski definition) is 1. The topological polar surface area (TPSA) is 52.0 Å². The molecule has 0 atom stereocenters. The van der Waals surface area contributed by atoms with E-state index in [0.717, 1.165) is 4.88 Å². The maximum atomic E-state index is 14.1. The summed E-state index contributed by atoms with van der Waals surface area (Å²) in [6, 6.07) is 4.74. The highest BCUT2D eigenvalue weighted by Crippen LogP contribution is 2.23. The van der Waals surface area contributed by atoms with E-state index >= 15 is 0 Å². The Labute approximate surface area is 152 Å². The molecule has 2 heterocycles. The summed E-state index contributed by atoms with van der Waals surface area (Å²) in [5.41, 5.74) is 0.656. The highest BCUT2D eigenvalue weighted by molar-refractivity contribution is 7.15. The number of nitrogens with zero attached hydrogens (tertiary/aromatic N) is 3. The zero-order valence-corrected chi connectivity index (χ0v) is 14.7. The SMILES string of the molecule is Fc1cc(NCc2cnc(Cl)s2)ccc1OCCn1cc(Cl)cn1. The van der Waals surface area contributed by atoms with Gasteiger partial charge in [0.05, 0.1) is 24.3 Å². The van der Waals surface area contributed by atoms with Crippen molar-refractivity contribution in [3.05, 3.63) is 57.0 Å². The zero-order chi connectivity index (χ0) is 16.9. The molecular weight excluding hydrogens is 374 g/mol. The fraction of sp³-hybridized carbons (Fsp3) is 0.200. The van der Waals surface area contributed by atoms with Gasteiger partial charge in [0.25, 0.3) is 0 Å². The number of benzene rings is 1. The van der Waals surface area contributed by atoms with Crippen molar-refractivity contribution in [3.63, 3.8) is 0 Å². The van der Waals surface area contributed by atoms with Crippen LogP contribution in [0.25, 0.3) is 0 Å². The summed E-state index contributed by atoms with van der Waals surface area (Å²) in [5.74, 6) is -0.236. The van der Waals surface area contributed by atoms with Crippen LogP contribution in [0.2, 0.25) is 9.49 Å². The van der Waals surface area contributed by atoms with E-state index in [0.29, 0.717) is 34.9 Å². The van der Waals surface area contributed by atoms with Crippen molar-refractivity contribution in [3.8, 4) is 5.75 Å². The van der Waals surface area contributed by atoms with Gasteiger partial charge in [0.1, 0.15) is 6.61 Å². The molecule has 0 bridgehead atoms. The average Bonchev–Trinajstić information content (AvgIpc) is 3.15. The van der Waals surface area contributed by atoms with Crippen molar-refractivity contribution in [1.29, 1.82) is 0 Å². The molecule has 0 spiro atoms. The Bertz CT molecular complexity index is 823. The van der Waals surface area contributed by atoms with Gasteiger partial charge in [0.2, 0.25) is 0 Å². The third-order valence-corrected chi connectivity index (χ3v) is 4.41. The Morgan fingerprint density at radius 2 is 2.17 bits per heavy atom. The third kappa shape index (κ3) is 4.59. The highest BCUT2D eigenvalue weighted by Gasteiger charge is 2.06. The summed E-state index contributed by atoms with van der Waals surface area (Å²) in [6.07, 6.45) is 4.91. The maximum Gasteiger partial charge on any atom is 0.183 e. The molecule has 0 fully saturated rings. The second-order valence-electron chi connectivity index (χ2n) is 4.85. The van der Waals surface area contributed by atoms with Gasteiger partial charge in [-0.3, -0.25) is 4.68 Å². The van der Waals surface area contributed by atoms with Gasteiger partial charge < -0.3 is 10.1 Å². The first-order valence-corrected chi connectivity index (χ1v) is 8.62. The second kappa shape index (κ2) is 7.83. The minimum absolute atomic E-state index is 0.194. The van der Waals surface area contributed by atoms with E-state index in [-0.39, 0.29) is 5.75 Å². The molecule has 0 aliphatic rings. The first kappa shape index (κ1) is 17.0. The Kier molecular flexibility index (Phi) is 5.55. The summed E-state index contributed by atoms with van der Waals surface area (Å²) < 4.78 is 21.6. The van der Waals surface area contributed by atoms with Crippen molar-refractivity contribution in [2.45, 2.75) is 13.1 Å². The molecule has 0 aliphatic carbocycles. The quantitative estimate of drug-likeness (QED) is 0.650. The maximum absolute atomic E-state index is 14.1. The second-order valence-corrected chi connectivity index (χ2v) is 6.98. The number of thiazole rings is 1. The van der Waals surface area contributed by atoms with E-state index in [9.17, 15) is 4.39 Å². The molecule has 3 aromatic rings. The van der Waals surface area contributed by atoms with E-state index in [1.807, 2.05) is 0 Å². The lowest BCUT2D eigenvalue weighted by molar-refractivity contribution is 0.278. The smallest absolute Gasteiger partial charge is 0.183 e. The van der Waals surface area contributed by atoms with Crippen molar-refractivity contribution >= 4 is 40.2 Å². The van der Waals surface area contributed by atoms with E-state index in [1.54, 1.807) is 35.4 Å². The summed E-state index contributed by atoms with van der Waals surface area (Å²) >= 11 is 12.9. The van der Waals surface area contributed by atoms with Crippen LogP contribution >= 0.6 is 34.5 Å². The van der Waals surface area contributed by atoms with Crippen molar-refractivity contribution < 1.29 is 9.13 Å². The Morgan fingerprint density at radius 1 is 1.29 bits per heavy atom. The number of anilines is 1. The van der Waals surface area contributed by atoms with Crippen LogP contribution in [-0.2, 0) is 13.1 Å². The number of rotatable bonds is 7. The molecule has 126 valence electrons. The van der Waals surface area contributed by atoms with E-state index in [2.05, 4.69) is 15.4 Å². The predicted molar refractivity (Wildman–Crippen MR) is 93.6 cm³/mol. The Balaban J connectivity index is 1.52. The summed E-state index contributed by atoms with van der Waals surface area (Å²) in [6.45, 7) is 1.31. The first-order valence-electron chi connectivity index (χ1n) is 7.04. The first-order chi connectivity index (χ1) is 11.6. The average molecular weight is 387 g/mol. The van der Waals surface area contributed by atoms with Gasteiger partial charge in [-0.2, -0.15) is 5.10 Å². The molecular formula is C15H13Cl2FN4OS. The molecule has 0 saturated carbocycles. The Morgan fingerprint density at radius 3 is 2.83 bits per heavy atom. The lowest BCUT2D eigenvalue weighted by atomic mass is 10.3. The van der Waals surface area contributed by atoms with Gasteiger partial charge in [-0.15, -0.1) is 11.3 Å². The van der Waals surface area contributed by atoms with Crippen LogP contribution in [0.4, 0.5) is 10.1 Å². The summed E-state index contributed by atoms with van der Waals surface area (Å²) in [7, 11) is 0. The minimum Gasteiger partial charge on any atom is -0.489 e. The van der Waals surface area contributed by atoms with Crippen LogP contribution < -0.4 is 10.1 Å². The highest BCUT2D eigenvalue weighted by atomic mass is 35.5. The summed E-state index contributed by atoms with van der Waals surface area (Å²) in [4.78, 5) is 4.93. The number of aromatic nitrogens is 3. The number of nitrogens with one attached hydrogen (secondary N) is 1. The van der Waals surface area contributed by atoms with Crippen LogP contribution in [0.5, 0.6) is 5.75 Å². The fourth-order valence-electron chi connectivity index (χ4n) is 1.99. The normalized spacial score (nSPS) is 10.8. The minimum atomic E-state index is -0.430. The van der Waals surface area contributed by atoms with Crippen LogP contribution in [0.1, 0.15) is 4.88 Å². The molecule has 0 amide bonds. The molecule has 0 unspecified atom stereocenters. The van der Waals surface area contributed by atoms with Crippen molar-refractivity contribution in [1.82, 2.24) is 14.8 Å². The number of ether oxygens (including phenoxy) is 1. The lowest BCUT2D eigenvalue weighted by Gasteiger charge is -2.10. The van der Waals surface area contributed by atoms with Gasteiger partial charge >= 0.3 is 0 Å². The van der Waals surface area contributed by atoms with E-state index in [4.69, 9.17) is 27.9 Å². The fourth-order valence-corrected chi connectivity index (χ4v) is 3.07. The lowest BCUT2D eigenvalue weighted by Crippen LogP contribution is -2.09.